The van der Waals surface area contributed by atoms with Crippen molar-refractivity contribution in [3.8, 4) is 5.75 Å². The van der Waals surface area contributed by atoms with E-state index in [1.165, 1.54) is 5.56 Å². The van der Waals surface area contributed by atoms with Crippen molar-refractivity contribution >= 4 is 5.69 Å². The Bertz CT molecular complexity index is 615. The van der Waals surface area contributed by atoms with Gasteiger partial charge in [0.25, 0.3) is 0 Å². The van der Waals surface area contributed by atoms with E-state index in [1.54, 1.807) is 7.11 Å². The van der Waals surface area contributed by atoms with E-state index in [4.69, 9.17) is 9.47 Å². The first-order chi connectivity index (χ1) is 10.8. The molecule has 2 aromatic carbocycles. The molecule has 0 amide bonds. The molecule has 0 aliphatic carbocycles. The predicted octanol–water partition coefficient (Wildman–Crippen LogP) is 2.81. The van der Waals surface area contributed by atoms with E-state index in [0.29, 0.717) is 13.2 Å². The molecular formula is C18H21NO3. The number of aliphatic hydroxyl groups excluding tert-OH is 1. The summed E-state index contributed by atoms with van der Waals surface area (Å²) in [7, 11) is 1.64. The summed E-state index contributed by atoms with van der Waals surface area (Å²) < 4.78 is 11.0. The quantitative estimate of drug-likeness (QED) is 0.891. The maximum atomic E-state index is 10.2. The standard InChI is InChI=1S/C18H21NO3/c1-21-16-8-7-14-9-15(18(20)19-17(14)10-16)12-22-11-13-5-3-2-4-6-13/h2-8,10,15,18-20H,9,11-12H2,1H3/t15?,18-/m0/s1. The van der Waals surface area contributed by atoms with Crippen LogP contribution in [0.3, 0.4) is 0 Å². The van der Waals surface area contributed by atoms with Gasteiger partial charge < -0.3 is 19.9 Å². The third-order valence-corrected chi connectivity index (χ3v) is 3.99. The molecule has 0 saturated heterocycles. The van der Waals surface area contributed by atoms with Crippen molar-refractivity contribution in [1.29, 1.82) is 0 Å². The van der Waals surface area contributed by atoms with Gasteiger partial charge in [0.15, 0.2) is 0 Å². The van der Waals surface area contributed by atoms with Crippen LogP contribution in [-0.2, 0) is 17.8 Å². The maximum Gasteiger partial charge on any atom is 0.129 e. The fourth-order valence-corrected chi connectivity index (χ4v) is 2.72. The average molecular weight is 299 g/mol. The summed E-state index contributed by atoms with van der Waals surface area (Å²) in [5.74, 6) is 0.835. The molecule has 0 bridgehead atoms. The highest BCUT2D eigenvalue weighted by atomic mass is 16.5. The smallest absolute Gasteiger partial charge is 0.129 e. The molecule has 1 unspecified atom stereocenters. The van der Waals surface area contributed by atoms with Gasteiger partial charge in [0, 0.05) is 17.7 Å². The highest BCUT2D eigenvalue weighted by Crippen LogP contribution is 2.31. The number of anilines is 1. The van der Waals surface area contributed by atoms with Crippen LogP contribution in [0.15, 0.2) is 48.5 Å². The van der Waals surface area contributed by atoms with E-state index in [2.05, 4.69) is 5.32 Å². The zero-order valence-electron chi connectivity index (χ0n) is 12.7. The zero-order valence-corrected chi connectivity index (χ0v) is 12.7. The first kappa shape index (κ1) is 14.9. The van der Waals surface area contributed by atoms with Crippen LogP contribution in [0.2, 0.25) is 0 Å². The lowest BCUT2D eigenvalue weighted by molar-refractivity contribution is 0.0299. The summed E-state index contributed by atoms with van der Waals surface area (Å²) >= 11 is 0. The molecule has 3 rings (SSSR count). The van der Waals surface area contributed by atoms with Crippen LogP contribution in [-0.4, -0.2) is 25.1 Å². The number of hydrogen-bond donors (Lipinski definition) is 2. The zero-order chi connectivity index (χ0) is 15.4. The normalized spacial score (nSPS) is 20.1. The highest BCUT2D eigenvalue weighted by Gasteiger charge is 2.26. The lowest BCUT2D eigenvalue weighted by Crippen LogP contribution is -2.37. The third-order valence-electron chi connectivity index (χ3n) is 3.99. The average Bonchev–Trinajstić information content (AvgIpc) is 2.56. The summed E-state index contributed by atoms with van der Waals surface area (Å²) in [6.45, 7) is 1.09. The summed E-state index contributed by atoms with van der Waals surface area (Å²) in [6, 6.07) is 16.0. The van der Waals surface area contributed by atoms with Crippen molar-refractivity contribution in [1.82, 2.24) is 0 Å². The maximum absolute atomic E-state index is 10.2. The van der Waals surface area contributed by atoms with Crippen LogP contribution in [0.25, 0.3) is 0 Å². The van der Waals surface area contributed by atoms with Gasteiger partial charge in [0.2, 0.25) is 0 Å². The van der Waals surface area contributed by atoms with Crippen molar-refractivity contribution in [3.05, 3.63) is 59.7 Å². The molecule has 0 spiro atoms. The number of ether oxygens (including phenoxy) is 2. The monoisotopic (exact) mass is 299 g/mol. The van der Waals surface area contributed by atoms with E-state index in [9.17, 15) is 5.11 Å². The van der Waals surface area contributed by atoms with Crippen molar-refractivity contribution in [3.63, 3.8) is 0 Å². The molecule has 0 radical (unpaired) electrons. The summed E-state index contributed by atoms with van der Waals surface area (Å²) in [4.78, 5) is 0. The third kappa shape index (κ3) is 3.40. The fourth-order valence-electron chi connectivity index (χ4n) is 2.72. The Kier molecular flexibility index (Phi) is 4.61. The lowest BCUT2D eigenvalue weighted by atomic mass is 9.93. The summed E-state index contributed by atoms with van der Waals surface area (Å²) in [5, 5.41) is 13.4. The van der Waals surface area contributed by atoms with Gasteiger partial charge in [-0.05, 0) is 23.6 Å². The molecule has 1 heterocycles. The van der Waals surface area contributed by atoms with E-state index in [1.807, 2.05) is 48.5 Å². The van der Waals surface area contributed by atoms with E-state index in [-0.39, 0.29) is 5.92 Å². The molecular weight excluding hydrogens is 278 g/mol. The van der Waals surface area contributed by atoms with Gasteiger partial charge in [0.1, 0.15) is 12.0 Å². The van der Waals surface area contributed by atoms with Gasteiger partial charge in [-0.25, -0.2) is 0 Å². The van der Waals surface area contributed by atoms with Gasteiger partial charge in [0.05, 0.1) is 20.3 Å². The molecule has 22 heavy (non-hydrogen) atoms. The van der Waals surface area contributed by atoms with Crippen molar-refractivity contribution in [2.24, 2.45) is 5.92 Å². The Labute approximate surface area is 130 Å². The van der Waals surface area contributed by atoms with Gasteiger partial charge in [-0.3, -0.25) is 0 Å². The predicted molar refractivity (Wildman–Crippen MR) is 85.9 cm³/mol. The number of aliphatic hydroxyl groups is 1. The van der Waals surface area contributed by atoms with Crippen LogP contribution >= 0.6 is 0 Å². The van der Waals surface area contributed by atoms with Crippen molar-refractivity contribution < 1.29 is 14.6 Å². The molecule has 116 valence electrons. The molecule has 2 atom stereocenters. The SMILES string of the molecule is COc1ccc2c(c1)N[C@@H](O)C(COCc1ccccc1)C2. The summed E-state index contributed by atoms with van der Waals surface area (Å²) in [5.41, 5.74) is 3.26. The second-order valence-corrected chi connectivity index (χ2v) is 5.58. The van der Waals surface area contributed by atoms with Crippen LogP contribution in [0.4, 0.5) is 5.69 Å². The van der Waals surface area contributed by atoms with Gasteiger partial charge in [-0.2, -0.15) is 0 Å². The highest BCUT2D eigenvalue weighted by molar-refractivity contribution is 5.57. The molecule has 1 aliphatic rings. The number of fused-ring (bicyclic) bond motifs is 1. The Morgan fingerprint density at radius 1 is 1.18 bits per heavy atom. The molecule has 1 aliphatic heterocycles. The van der Waals surface area contributed by atoms with Crippen LogP contribution < -0.4 is 10.1 Å². The number of methoxy groups -OCH3 is 1. The second kappa shape index (κ2) is 6.81. The summed E-state index contributed by atoms with van der Waals surface area (Å²) in [6.07, 6.45) is 0.192. The second-order valence-electron chi connectivity index (χ2n) is 5.58. The van der Waals surface area contributed by atoms with Crippen LogP contribution in [0.1, 0.15) is 11.1 Å². The number of nitrogens with one attached hydrogen (secondary N) is 1. The molecule has 0 fully saturated rings. The Morgan fingerprint density at radius 2 is 2.00 bits per heavy atom. The Hall–Kier alpha value is -2.04. The Morgan fingerprint density at radius 3 is 2.77 bits per heavy atom. The molecule has 4 heteroatoms. The molecule has 2 aromatic rings. The molecule has 4 nitrogen and oxygen atoms in total. The first-order valence-electron chi connectivity index (χ1n) is 7.49. The minimum atomic E-state index is -0.602. The molecule has 2 N–H and O–H groups in total. The largest absolute Gasteiger partial charge is 0.497 e. The van der Waals surface area contributed by atoms with E-state index >= 15 is 0 Å². The van der Waals surface area contributed by atoms with E-state index in [0.717, 1.165) is 23.4 Å². The van der Waals surface area contributed by atoms with Crippen molar-refractivity contribution in [2.75, 3.05) is 19.0 Å². The number of rotatable bonds is 5. The number of benzene rings is 2. The molecule has 0 aromatic heterocycles. The van der Waals surface area contributed by atoms with Gasteiger partial charge >= 0.3 is 0 Å². The van der Waals surface area contributed by atoms with Gasteiger partial charge in [-0.15, -0.1) is 0 Å². The van der Waals surface area contributed by atoms with Crippen LogP contribution in [0.5, 0.6) is 5.75 Å². The minimum absolute atomic E-state index is 0.0459. The lowest BCUT2D eigenvalue weighted by Gasteiger charge is -2.31. The molecule has 0 saturated carbocycles. The fraction of sp³-hybridized carbons (Fsp3) is 0.333. The minimum Gasteiger partial charge on any atom is -0.497 e. The topological polar surface area (TPSA) is 50.7 Å². The number of hydrogen-bond acceptors (Lipinski definition) is 4. The van der Waals surface area contributed by atoms with Gasteiger partial charge in [-0.1, -0.05) is 36.4 Å². The first-order valence-corrected chi connectivity index (χ1v) is 7.49. The van der Waals surface area contributed by atoms with E-state index < -0.39 is 6.23 Å². The Balaban J connectivity index is 1.58. The van der Waals surface area contributed by atoms with Crippen molar-refractivity contribution in [2.45, 2.75) is 19.3 Å². The van der Waals surface area contributed by atoms with Crippen LogP contribution in [0, 0.1) is 5.92 Å².